The van der Waals surface area contributed by atoms with Crippen LogP contribution in [0.1, 0.15) is 47.1 Å². The van der Waals surface area contributed by atoms with E-state index < -0.39 is 24.4 Å². The summed E-state index contributed by atoms with van der Waals surface area (Å²) in [6.07, 6.45) is 2.67. The predicted molar refractivity (Wildman–Crippen MR) is 136 cm³/mol. The Labute approximate surface area is 210 Å². The second-order valence-corrected chi connectivity index (χ2v) is 8.32. The Morgan fingerprint density at radius 1 is 1.03 bits per heavy atom. The molecule has 0 saturated heterocycles. The van der Waals surface area contributed by atoms with Gasteiger partial charge in [0.2, 0.25) is 6.79 Å². The van der Waals surface area contributed by atoms with E-state index in [1.165, 1.54) is 37.3 Å². The monoisotopic (exact) mass is 541 g/mol. The number of rotatable bonds is 9. The average molecular weight is 542 g/mol. The maximum Gasteiger partial charge on any atom is 0.343 e. The fourth-order valence-corrected chi connectivity index (χ4v) is 3.94. The molecule has 2 aromatic carbocycles. The van der Waals surface area contributed by atoms with E-state index in [9.17, 15) is 19.2 Å². The molecule has 8 nitrogen and oxygen atoms in total. The van der Waals surface area contributed by atoms with E-state index in [2.05, 4.69) is 39.4 Å². The number of esters is 2. The fourth-order valence-electron chi connectivity index (χ4n) is 3.36. The summed E-state index contributed by atoms with van der Waals surface area (Å²) in [6.45, 7) is 6.47. The second-order valence-electron chi connectivity index (χ2n) is 7.46. The van der Waals surface area contributed by atoms with E-state index >= 15 is 0 Å². The SMILES string of the molecule is CCN(CC)c1ccc2cc(/C=C/C(=O)c3ccc(C(=O)OCOC(C)=O)cc3Br)c(=O)oc2c1. The number of carbonyl (C=O) groups is 3. The zero-order chi connectivity index (χ0) is 25.5. The van der Waals surface area contributed by atoms with Gasteiger partial charge < -0.3 is 18.8 Å². The minimum Gasteiger partial charge on any atom is -0.428 e. The van der Waals surface area contributed by atoms with Crippen LogP contribution < -0.4 is 10.5 Å². The number of halogens is 1. The summed E-state index contributed by atoms with van der Waals surface area (Å²) in [7, 11) is 0. The third kappa shape index (κ3) is 6.45. The molecule has 182 valence electrons. The number of hydrogen-bond acceptors (Lipinski definition) is 8. The van der Waals surface area contributed by atoms with Crippen LogP contribution in [-0.4, -0.2) is 37.6 Å². The highest BCUT2D eigenvalue weighted by Gasteiger charge is 2.14. The minimum absolute atomic E-state index is 0.170. The van der Waals surface area contributed by atoms with Crippen LogP contribution in [0.4, 0.5) is 5.69 Å². The van der Waals surface area contributed by atoms with Crippen molar-refractivity contribution in [2.45, 2.75) is 20.8 Å². The smallest absolute Gasteiger partial charge is 0.343 e. The fraction of sp³-hybridized carbons (Fsp3) is 0.231. The summed E-state index contributed by atoms with van der Waals surface area (Å²) < 4.78 is 15.3. The zero-order valence-electron chi connectivity index (χ0n) is 19.5. The lowest BCUT2D eigenvalue weighted by molar-refractivity contribution is -0.149. The third-order valence-corrected chi connectivity index (χ3v) is 5.87. The molecule has 0 fully saturated rings. The number of benzene rings is 2. The molecule has 0 spiro atoms. The molecule has 0 radical (unpaired) electrons. The van der Waals surface area contributed by atoms with Crippen LogP contribution in [-0.2, 0) is 14.3 Å². The van der Waals surface area contributed by atoms with Gasteiger partial charge in [0.1, 0.15) is 5.58 Å². The number of allylic oxidation sites excluding steroid dienone is 1. The first kappa shape index (κ1) is 25.9. The Balaban J connectivity index is 1.77. The van der Waals surface area contributed by atoms with Crippen molar-refractivity contribution < 1.29 is 28.3 Å². The van der Waals surface area contributed by atoms with Gasteiger partial charge in [0.15, 0.2) is 5.78 Å². The molecular formula is C26H24BrNO7. The Morgan fingerprint density at radius 3 is 2.43 bits per heavy atom. The van der Waals surface area contributed by atoms with E-state index in [4.69, 9.17) is 9.15 Å². The van der Waals surface area contributed by atoms with Gasteiger partial charge in [-0.3, -0.25) is 9.59 Å². The molecule has 9 heteroatoms. The molecule has 0 saturated carbocycles. The lowest BCUT2D eigenvalue weighted by Crippen LogP contribution is -2.21. The van der Waals surface area contributed by atoms with Crippen molar-refractivity contribution in [3.8, 4) is 0 Å². The second kappa shape index (κ2) is 11.6. The van der Waals surface area contributed by atoms with Gasteiger partial charge in [-0.25, -0.2) is 9.59 Å². The van der Waals surface area contributed by atoms with E-state index in [0.717, 1.165) is 24.2 Å². The van der Waals surface area contributed by atoms with Crippen LogP contribution in [0.3, 0.4) is 0 Å². The molecule has 0 atom stereocenters. The number of nitrogens with zero attached hydrogens (tertiary/aromatic N) is 1. The Bertz CT molecular complexity index is 1360. The number of fused-ring (bicyclic) bond motifs is 1. The molecule has 0 N–H and O–H groups in total. The van der Waals surface area contributed by atoms with Crippen molar-refractivity contribution in [2.75, 3.05) is 24.8 Å². The minimum atomic E-state index is -0.709. The maximum absolute atomic E-state index is 12.7. The van der Waals surface area contributed by atoms with E-state index in [0.29, 0.717) is 10.1 Å². The number of anilines is 1. The molecular weight excluding hydrogens is 518 g/mol. The molecule has 0 amide bonds. The highest BCUT2D eigenvalue weighted by molar-refractivity contribution is 9.10. The van der Waals surface area contributed by atoms with Crippen molar-refractivity contribution >= 4 is 56.4 Å². The third-order valence-electron chi connectivity index (χ3n) is 5.21. The summed E-state index contributed by atoms with van der Waals surface area (Å²) in [6, 6.07) is 11.6. The van der Waals surface area contributed by atoms with Crippen molar-refractivity contribution in [2.24, 2.45) is 0 Å². The quantitative estimate of drug-likeness (QED) is 0.123. The summed E-state index contributed by atoms with van der Waals surface area (Å²) >= 11 is 3.28. The highest BCUT2D eigenvalue weighted by Crippen LogP contribution is 2.23. The predicted octanol–water partition coefficient (Wildman–Crippen LogP) is 4.98. The number of ether oxygens (including phenoxy) is 2. The maximum atomic E-state index is 12.7. The van der Waals surface area contributed by atoms with Crippen molar-refractivity contribution in [1.82, 2.24) is 0 Å². The van der Waals surface area contributed by atoms with Gasteiger partial charge in [0.25, 0.3) is 0 Å². The first-order valence-corrected chi connectivity index (χ1v) is 11.7. The molecule has 0 aliphatic rings. The van der Waals surface area contributed by atoms with Crippen LogP contribution in [0.15, 0.2) is 62.2 Å². The van der Waals surface area contributed by atoms with Crippen LogP contribution in [0.5, 0.6) is 0 Å². The molecule has 0 aliphatic heterocycles. The summed E-state index contributed by atoms with van der Waals surface area (Å²) in [5, 5.41) is 0.741. The van der Waals surface area contributed by atoms with E-state index in [1.54, 1.807) is 6.07 Å². The zero-order valence-corrected chi connectivity index (χ0v) is 21.1. The van der Waals surface area contributed by atoms with E-state index in [1.807, 2.05) is 18.2 Å². The normalized spacial score (nSPS) is 11.0. The lowest BCUT2D eigenvalue weighted by atomic mass is 10.1. The Morgan fingerprint density at radius 2 is 1.77 bits per heavy atom. The van der Waals surface area contributed by atoms with Gasteiger partial charge >= 0.3 is 17.6 Å². The summed E-state index contributed by atoms with van der Waals surface area (Å²) in [5.41, 5.74) is 1.58. The van der Waals surface area contributed by atoms with Crippen molar-refractivity contribution in [1.29, 1.82) is 0 Å². The van der Waals surface area contributed by atoms with E-state index in [-0.39, 0.29) is 22.5 Å². The number of hydrogen-bond donors (Lipinski definition) is 0. The molecule has 0 aliphatic carbocycles. The molecule has 3 rings (SSSR count). The van der Waals surface area contributed by atoms with Crippen molar-refractivity contribution in [3.63, 3.8) is 0 Å². The average Bonchev–Trinajstić information content (AvgIpc) is 2.82. The Kier molecular flexibility index (Phi) is 8.59. The summed E-state index contributed by atoms with van der Waals surface area (Å²) in [4.78, 5) is 50.1. The van der Waals surface area contributed by atoms with Gasteiger partial charge in [0.05, 0.1) is 11.1 Å². The van der Waals surface area contributed by atoms with Crippen LogP contribution >= 0.6 is 15.9 Å². The first-order valence-electron chi connectivity index (χ1n) is 10.9. The lowest BCUT2D eigenvalue weighted by Gasteiger charge is -2.20. The molecule has 1 heterocycles. The van der Waals surface area contributed by atoms with Gasteiger partial charge in [-0.15, -0.1) is 0 Å². The standard InChI is InChI=1S/C26H24BrNO7/c1-4-28(5-2)20-9-6-17-12-18(26(32)35-24(17)14-20)8-11-23(30)21-10-7-19(13-22(21)27)25(31)34-15-33-16(3)29/h6-14H,4-5,15H2,1-3H3/b11-8+. The van der Waals surface area contributed by atoms with Gasteiger partial charge in [-0.2, -0.15) is 0 Å². The van der Waals surface area contributed by atoms with Crippen molar-refractivity contribution in [3.05, 3.63) is 80.1 Å². The highest BCUT2D eigenvalue weighted by atomic mass is 79.9. The van der Waals surface area contributed by atoms with Crippen LogP contribution in [0.25, 0.3) is 17.0 Å². The molecule has 3 aromatic rings. The first-order chi connectivity index (χ1) is 16.7. The van der Waals surface area contributed by atoms with Gasteiger partial charge in [-0.1, -0.05) is 15.9 Å². The number of carbonyl (C=O) groups excluding carboxylic acids is 3. The molecule has 0 unspecified atom stereocenters. The largest absolute Gasteiger partial charge is 0.428 e. The van der Waals surface area contributed by atoms with Crippen LogP contribution in [0, 0.1) is 0 Å². The molecule has 0 bridgehead atoms. The van der Waals surface area contributed by atoms with Gasteiger partial charge in [0, 0.05) is 47.2 Å². The topological polar surface area (TPSA) is 103 Å². The summed E-state index contributed by atoms with van der Waals surface area (Å²) in [5.74, 6) is -1.66. The Hall–Kier alpha value is -3.72. The van der Waals surface area contributed by atoms with Gasteiger partial charge in [-0.05, 0) is 62.4 Å². The van der Waals surface area contributed by atoms with Crippen LogP contribution in [0.2, 0.25) is 0 Å². The molecule has 35 heavy (non-hydrogen) atoms. The number of ketones is 1. The molecule has 1 aromatic heterocycles.